The van der Waals surface area contributed by atoms with Crippen molar-refractivity contribution in [1.29, 1.82) is 0 Å². The van der Waals surface area contributed by atoms with Gasteiger partial charge in [0.15, 0.2) is 0 Å². The minimum atomic E-state index is 0.579. The van der Waals surface area contributed by atoms with E-state index in [9.17, 15) is 0 Å². The summed E-state index contributed by atoms with van der Waals surface area (Å²) in [5.74, 6) is 0. The summed E-state index contributed by atoms with van der Waals surface area (Å²) in [7, 11) is 0. The van der Waals surface area contributed by atoms with Crippen LogP contribution in [0.3, 0.4) is 0 Å². The first kappa shape index (κ1) is 7.79. The summed E-state index contributed by atoms with van der Waals surface area (Å²) < 4.78 is 0. The molecule has 0 aromatic carbocycles. The maximum Gasteiger partial charge on any atom is 0.0519 e. The molecular formula is C7H8ClNS. The van der Waals surface area contributed by atoms with E-state index in [-0.39, 0.29) is 0 Å². The first-order valence-corrected chi connectivity index (χ1v) is 4.19. The molecule has 0 spiro atoms. The molecular weight excluding hydrogens is 166 g/mol. The maximum atomic E-state index is 5.68. The average molecular weight is 174 g/mol. The topological polar surface area (TPSA) is 26.0 Å². The predicted molar refractivity (Wildman–Crippen MR) is 47.4 cm³/mol. The summed E-state index contributed by atoms with van der Waals surface area (Å²) in [6, 6.07) is 1.92. The first-order valence-electron chi connectivity index (χ1n) is 2.93. The van der Waals surface area contributed by atoms with Crippen LogP contribution >= 0.6 is 22.9 Å². The van der Waals surface area contributed by atoms with Crippen molar-refractivity contribution in [2.24, 2.45) is 5.73 Å². The molecule has 0 unspecified atom stereocenters. The Morgan fingerprint density at radius 1 is 1.70 bits per heavy atom. The molecule has 0 radical (unpaired) electrons. The fourth-order valence-electron chi connectivity index (χ4n) is 0.600. The van der Waals surface area contributed by atoms with Gasteiger partial charge in [0.05, 0.1) is 5.02 Å². The van der Waals surface area contributed by atoms with Gasteiger partial charge in [-0.3, -0.25) is 0 Å². The Hall–Kier alpha value is -0.310. The standard InChI is InChI=1S/C7H8ClNS/c8-6-4-7(10-5-6)2-1-3-9/h1-2,4-5H,3,9H2/b2-1+. The Bertz CT molecular complexity index is 229. The van der Waals surface area contributed by atoms with E-state index in [1.807, 2.05) is 23.6 Å². The number of halogens is 1. The van der Waals surface area contributed by atoms with Crippen LogP contribution in [0.25, 0.3) is 6.08 Å². The van der Waals surface area contributed by atoms with Crippen LogP contribution in [0.15, 0.2) is 17.5 Å². The molecule has 0 amide bonds. The van der Waals surface area contributed by atoms with Crippen molar-refractivity contribution >= 4 is 29.0 Å². The number of hydrogen-bond donors (Lipinski definition) is 1. The van der Waals surface area contributed by atoms with E-state index in [2.05, 4.69) is 0 Å². The van der Waals surface area contributed by atoms with Gasteiger partial charge in [0.2, 0.25) is 0 Å². The van der Waals surface area contributed by atoms with Crippen LogP contribution in [-0.4, -0.2) is 6.54 Å². The summed E-state index contributed by atoms with van der Waals surface area (Å²) in [4.78, 5) is 1.15. The van der Waals surface area contributed by atoms with Gasteiger partial charge in [-0.25, -0.2) is 0 Å². The van der Waals surface area contributed by atoms with Gasteiger partial charge in [0.1, 0.15) is 0 Å². The molecule has 1 rings (SSSR count). The number of hydrogen-bond acceptors (Lipinski definition) is 2. The minimum absolute atomic E-state index is 0.579. The SMILES string of the molecule is NC/C=C/c1cc(Cl)cs1. The van der Waals surface area contributed by atoms with Crippen LogP contribution < -0.4 is 5.73 Å². The summed E-state index contributed by atoms with van der Waals surface area (Å²) in [5, 5.41) is 2.69. The zero-order chi connectivity index (χ0) is 7.40. The normalized spacial score (nSPS) is 11.0. The van der Waals surface area contributed by atoms with Gasteiger partial charge in [0.25, 0.3) is 0 Å². The van der Waals surface area contributed by atoms with E-state index in [4.69, 9.17) is 17.3 Å². The maximum absolute atomic E-state index is 5.68. The lowest BCUT2D eigenvalue weighted by atomic mass is 10.4. The minimum Gasteiger partial charge on any atom is -0.327 e. The molecule has 10 heavy (non-hydrogen) atoms. The highest BCUT2D eigenvalue weighted by atomic mass is 35.5. The molecule has 1 heterocycles. The van der Waals surface area contributed by atoms with Crippen LogP contribution in [0, 0.1) is 0 Å². The van der Waals surface area contributed by atoms with Gasteiger partial charge >= 0.3 is 0 Å². The number of thiophene rings is 1. The molecule has 0 saturated heterocycles. The zero-order valence-corrected chi connectivity index (χ0v) is 6.95. The lowest BCUT2D eigenvalue weighted by molar-refractivity contribution is 1.26. The third kappa shape index (κ3) is 2.14. The number of rotatable bonds is 2. The van der Waals surface area contributed by atoms with E-state index < -0.39 is 0 Å². The Morgan fingerprint density at radius 2 is 2.50 bits per heavy atom. The zero-order valence-electron chi connectivity index (χ0n) is 5.38. The molecule has 1 aromatic heterocycles. The van der Waals surface area contributed by atoms with Gasteiger partial charge in [0, 0.05) is 16.8 Å². The largest absolute Gasteiger partial charge is 0.327 e. The summed E-state index contributed by atoms with van der Waals surface area (Å²) in [5.41, 5.74) is 5.27. The molecule has 0 saturated carbocycles. The van der Waals surface area contributed by atoms with Crippen molar-refractivity contribution in [1.82, 2.24) is 0 Å². The monoisotopic (exact) mass is 173 g/mol. The van der Waals surface area contributed by atoms with Crippen LogP contribution in [0.1, 0.15) is 4.88 Å². The van der Waals surface area contributed by atoms with Gasteiger partial charge in [-0.2, -0.15) is 0 Å². The van der Waals surface area contributed by atoms with Gasteiger partial charge in [-0.1, -0.05) is 17.7 Å². The van der Waals surface area contributed by atoms with Crippen molar-refractivity contribution in [3.63, 3.8) is 0 Å². The van der Waals surface area contributed by atoms with Crippen molar-refractivity contribution in [2.45, 2.75) is 0 Å². The highest BCUT2D eigenvalue weighted by Gasteiger charge is 1.90. The lowest BCUT2D eigenvalue weighted by Crippen LogP contribution is -1.91. The molecule has 3 heteroatoms. The summed E-state index contributed by atoms with van der Waals surface area (Å²) >= 11 is 7.30. The smallest absolute Gasteiger partial charge is 0.0519 e. The van der Waals surface area contributed by atoms with Gasteiger partial charge < -0.3 is 5.73 Å². The first-order chi connectivity index (χ1) is 4.83. The predicted octanol–water partition coefficient (Wildman–Crippen LogP) is 2.37. The van der Waals surface area contributed by atoms with Crippen molar-refractivity contribution in [3.8, 4) is 0 Å². The second-order valence-corrected chi connectivity index (χ2v) is 3.18. The van der Waals surface area contributed by atoms with Crippen LogP contribution in [0.2, 0.25) is 5.02 Å². The molecule has 0 bridgehead atoms. The molecule has 0 atom stereocenters. The number of nitrogens with two attached hydrogens (primary N) is 1. The van der Waals surface area contributed by atoms with Crippen LogP contribution in [0.5, 0.6) is 0 Å². The fraction of sp³-hybridized carbons (Fsp3) is 0.143. The Balaban J connectivity index is 2.67. The fourth-order valence-corrected chi connectivity index (χ4v) is 1.60. The van der Waals surface area contributed by atoms with E-state index in [0.717, 1.165) is 9.90 Å². The second kappa shape index (κ2) is 3.76. The van der Waals surface area contributed by atoms with E-state index in [1.54, 1.807) is 11.3 Å². The Labute approximate surface area is 69.1 Å². The average Bonchev–Trinajstić information content (AvgIpc) is 2.31. The highest BCUT2D eigenvalue weighted by molar-refractivity contribution is 7.11. The van der Waals surface area contributed by atoms with Crippen LogP contribution in [-0.2, 0) is 0 Å². The van der Waals surface area contributed by atoms with Crippen molar-refractivity contribution in [2.75, 3.05) is 6.54 Å². The third-order valence-electron chi connectivity index (χ3n) is 1.01. The van der Waals surface area contributed by atoms with E-state index in [0.29, 0.717) is 6.54 Å². The van der Waals surface area contributed by atoms with Crippen molar-refractivity contribution in [3.05, 3.63) is 27.4 Å². The van der Waals surface area contributed by atoms with E-state index in [1.165, 1.54) is 0 Å². The molecule has 2 N–H and O–H groups in total. The molecule has 0 fully saturated rings. The van der Waals surface area contributed by atoms with Crippen LogP contribution in [0.4, 0.5) is 0 Å². The Kier molecular flexibility index (Phi) is 2.93. The highest BCUT2D eigenvalue weighted by Crippen LogP contribution is 2.19. The van der Waals surface area contributed by atoms with Crippen molar-refractivity contribution < 1.29 is 0 Å². The molecule has 1 nitrogen and oxygen atoms in total. The quantitative estimate of drug-likeness (QED) is 0.730. The molecule has 54 valence electrons. The molecule has 0 aliphatic rings. The molecule has 1 aromatic rings. The summed E-state index contributed by atoms with van der Waals surface area (Å²) in [6.07, 6.45) is 3.87. The van der Waals surface area contributed by atoms with Gasteiger partial charge in [-0.05, 0) is 12.1 Å². The van der Waals surface area contributed by atoms with Gasteiger partial charge in [-0.15, -0.1) is 11.3 Å². The summed E-state index contributed by atoms with van der Waals surface area (Å²) in [6.45, 7) is 0.579. The molecule has 0 aliphatic heterocycles. The molecule has 0 aliphatic carbocycles. The lowest BCUT2D eigenvalue weighted by Gasteiger charge is -1.79. The second-order valence-electron chi connectivity index (χ2n) is 1.81. The third-order valence-corrected chi connectivity index (χ3v) is 2.25. The Morgan fingerprint density at radius 3 is 3.00 bits per heavy atom. The van der Waals surface area contributed by atoms with E-state index >= 15 is 0 Å².